The summed E-state index contributed by atoms with van der Waals surface area (Å²) in [5.74, 6) is 0.503. The van der Waals surface area contributed by atoms with Crippen LogP contribution in [-0.4, -0.2) is 12.0 Å². The Labute approximate surface area is 81.4 Å². The number of rotatable bonds is 2. The van der Waals surface area contributed by atoms with Gasteiger partial charge in [0, 0.05) is 24.6 Å². The van der Waals surface area contributed by atoms with Crippen LogP contribution in [0.5, 0.6) is 0 Å². The van der Waals surface area contributed by atoms with E-state index in [0.29, 0.717) is 5.92 Å². The molecular formula is C11H20N2. The molecule has 1 aromatic rings. The quantitative estimate of drug-likeness (QED) is 0.755. The molecule has 1 N–H and O–H groups in total. The topological polar surface area (TPSA) is 24.9 Å². The van der Waals surface area contributed by atoms with Crippen molar-refractivity contribution in [1.82, 2.24) is 4.98 Å². The average molecular weight is 180 g/mol. The highest BCUT2D eigenvalue weighted by Crippen LogP contribution is 2.14. The summed E-state index contributed by atoms with van der Waals surface area (Å²) in [6, 6.07) is 4.04. The maximum atomic E-state index is 4.25. The maximum Gasteiger partial charge on any atom is 0.0449 e. The zero-order valence-electron chi connectivity index (χ0n) is 9.26. The van der Waals surface area contributed by atoms with Gasteiger partial charge in [0.15, 0.2) is 0 Å². The van der Waals surface area contributed by atoms with Crippen LogP contribution in [0.1, 0.15) is 39.3 Å². The second-order valence-corrected chi connectivity index (χ2v) is 2.87. The first kappa shape index (κ1) is 11.9. The van der Waals surface area contributed by atoms with Crippen LogP contribution in [0.15, 0.2) is 18.3 Å². The van der Waals surface area contributed by atoms with Crippen molar-refractivity contribution in [3.8, 4) is 0 Å². The minimum Gasteiger partial charge on any atom is -0.388 e. The summed E-state index contributed by atoms with van der Waals surface area (Å²) in [7, 11) is 1.92. The average Bonchev–Trinajstić information content (AvgIpc) is 2.21. The third kappa shape index (κ3) is 3.92. The summed E-state index contributed by atoms with van der Waals surface area (Å²) in [6.45, 7) is 8.28. The van der Waals surface area contributed by atoms with Gasteiger partial charge < -0.3 is 5.32 Å². The first-order chi connectivity index (χ1) is 6.24. The number of nitrogens with zero attached hydrogens (tertiary/aromatic N) is 1. The summed E-state index contributed by atoms with van der Waals surface area (Å²) in [5.41, 5.74) is 2.26. The van der Waals surface area contributed by atoms with Crippen molar-refractivity contribution in [2.24, 2.45) is 0 Å². The van der Waals surface area contributed by atoms with Crippen LogP contribution in [0.25, 0.3) is 0 Å². The largest absolute Gasteiger partial charge is 0.388 e. The van der Waals surface area contributed by atoms with E-state index in [0.717, 1.165) is 11.4 Å². The number of hydrogen-bond donors (Lipinski definition) is 1. The minimum absolute atomic E-state index is 0.503. The van der Waals surface area contributed by atoms with Gasteiger partial charge in [0.05, 0.1) is 0 Å². The molecule has 2 nitrogen and oxygen atoms in total. The van der Waals surface area contributed by atoms with Crippen molar-refractivity contribution in [3.63, 3.8) is 0 Å². The van der Waals surface area contributed by atoms with Crippen LogP contribution in [0.2, 0.25) is 0 Å². The van der Waals surface area contributed by atoms with Gasteiger partial charge in [-0.1, -0.05) is 27.7 Å². The molecule has 0 aliphatic heterocycles. The minimum atomic E-state index is 0.503. The van der Waals surface area contributed by atoms with Crippen LogP contribution in [0.3, 0.4) is 0 Å². The first-order valence-corrected chi connectivity index (χ1v) is 4.87. The molecule has 0 spiro atoms. The molecular weight excluding hydrogens is 160 g/mol. The van der Waals surface area contributed by atoms with Crippen molar-refractivity contribution in [2.75, 3.05) is 12.4 Å². The zero-order valence-corrected chi connectivity index (χ0v) is 9.26. The Kier molecular flexibility index (Phi) is 5.94. The molecule has 1 rings (SSSR count). The Morgan fingerprint density at radius 1 is 1.31 bits per heavy atom. The van der Waals surface area contributed by atoms with Crippen LogP contribution in [0.4, 0.5) is 5.69 Å². The van der Waals surface area contributed by atoms with Gasteiger partial charge in [-0.25, -0.2) is 0 Å². The van der Waals surface area contributed by atoms with Crippen LogP contribution >= 0.6 is 0 Å². The third-order valence-electron chi connectivity index (χ3n) is 1.66. The standard InChI is InChI=1S/C9H14N2.C2H6/c1-7(2)9-6-8(10-3)4-5-11-9;1-2/h4-7H,1-3H3,(H,10,11);1-2H3. The Bertz CT molecular complexity index is 231. The molecule has 0 atom stereocenters. The number of aromatic nitrogens is 1. The van der Waals surface area contributed by atoms with Gasteiger partial charge in [-0.05, 0) is 18.1 Å². The molecule has 0 aromatic carbocycles. The lowest BCUT2D eigenvalue weighted by Gasteiger charge is -2.05. The molecule has 74 valence electrons. The van der Waals surface area contributed by atoms with Gasteiger partial charge in [0.2, 0.25) is 0 Å². The van der Waals surface area contributed by atoms with E-state index in [1.165, 1.54) is 0 Å². The fraction of sp³-hybridized carbons (Fsp3) is 0.545. The summed E-state index contributed by atoms with van der Waals surface area (Å²) in [5, 5.41) is 3.08. The second kappa shape index (κ2) is 6.46. The molecule has 0 fully saturated rings. The summed E-state index contributed by atoms with van der Waals surface area (Å²) < 4.78 is 0. The molecule has 0 saturated heterocycles. The van der Waals surface area contributed by atoms with Crippen molar-refractivity contribution < 1.29 is 0 Å². The number of hydrogen-bond acceptors (Lipinski definition) is 2. The summed E-state index contributed by atoms with van der Waals surface area (Å²) in [4.78, 5) is 4.25. The Morgan fingerprint density at radius 2 is 1.92 bits per heavy atom. The van der Waals surface area contributed by atoms with Gasteiger partial charge in [0.25, 0.3) is 0 Å². The molecule has 2 heteroatoms. The maximum absolute atomic E-state index is 4.25. The van der Waals surface area contributed by atoms with E-state index in [2.05, 4.69) is 30.2 Å². The Hall–Kier alpha value is -1.05. The molecule has 0 amide bonds. The highest BCUT2D eigenvalue weighted by molar-refractivity contribution is 5.42. The molecule has 1 heterocycles. The SMILES string of the molecule is CC.CNc1ccnc(C(C)C)c1. The van der Waals surface area contributed by atoms with Crippen LogP contribution < -0.4 is 5.32 Å². The Morgan fingerprint density at radius 3 is 2.38 bits per heavy atom. The second-order valence-electron chi connectivity index (χ2n) is 2.87. The molecule has 0 aliphatic carbocycles. The van der Waals surface area contributed by atoms with E-state index in [9.17, 15) is 0 Å². The van der Waals surface area contributed by atoms with Crippen molar-refractivity contribution >= 4 is 5.69 Å². The number of pyridine rings is 1. The van der Waals surface area contributed by atoms with Gasteiger partial charge in [-0.3, -0.25) is 4.98 Å². The van der Waals surface area contributed by atoms with Crippen LogP contribution in [0, 0.1) is 0 Å². The van der Waals surface area contributed by atoms with E-state index in [-0.39, 0.29) is 0 Å². The molecule has 0 aliphatic rings. The van der Waals surface area contributed by atoms with Crippen molar-refractivity contribution in [2.45, 2.75) is 33.6 Å². The van der Waals surface area contributed by atoms with Crippen molar-refractivity contribution in [3.05, 3.63) is 24.0 Å². The summed E-state index contributed by atoms with van der Waals surface area (Å²) in [6.07, 6.45) is 1.83. The lowest BCUT2D eigenvalue weighted by molar-refractivity contribution is 0.823. The highest BCUT2D eigenvalue weighted by atomic mass is 14.8. The van der Waals surface area contributed by atoms with E-state index in [1.807, 2.05) is 33.2 Å². The monoisotopic (exact) mass is 180 g/mol. The van der Waals surface area contributed by atoms with Gasteiger partial charge >= 0.3 is 0 Å². The molecule has 0 radical (unpaired) electrons. The summed E-state index contributed by atoms with van der Waals surface area (Å²) >= 11 is 0. The lowest BCUT2D eigenvalue weighted by Crippen LogP contribution is -1.94. The fourth-order valence-electron chi connectivity index (χ4n) is 0.920. The predicted molar refractivity (Wildman–Crippen MR) is 59.2 cm³/mol. The molecule has 0 unspecified atom stereocenters. The first-order valence-electron chi connectivity index (χ1n) is 4.87. The van der Waals surface area contributed by atoms with Crippen molar-refractivity contribution in [1.29, 1.82) is 0 Å². The van der Waals surface area contributed by atoms with E-state index in [1.54, 1.807) is 0 Å². The predicted octanol–water partition coefficient (Wildman–Crippen LogP) is 3.27. The molecule has 13 heavy (non-hydrogen) atoms. The zero-order chi connectivity index (χ0) is 10.3. The van der Waals surface area contributed by atoms with E-state index >= 15 is 0 Å². The Balaban J connectivity index is 0.000000671. The smallest absolute Gasteiger partial charge is 0.0449 e. The van der Waals surface area contributed by atoms with Gasteiger partial charge in [-0.15, -0.1) is 0 Å². The normalized spacial score (nSPS) is 9.08. The molecule has 0 saturated carbocycles. The molecule has 0 bridgehead atoms. The molecule has 1 aromatic heterocycles. The third-order valence-corrected chi connectivity index (χ3v) is 1.66. The van der Waals surface area contributed by atoms with Gasteiger partial charge in [-0.2, -0.15) is 0 Å². The lowest BCUT2D eigenvalue weighted by atomic mass is 10.1. The van der Waals surface area contributed by atoms with E-state index in [4.69, 9.17) is 0 Å². The number of anilines is 1. The number of nitrogens with one attached hydrogen (secondary N) is 1. The van der Waals surface area contributed by atoms with Gasteiger partial charge in [0.1, 0.15) is 0 Å². The van der Waals surface area contributed by atoms with Crippen LogP contribution in [-0.2, 0) is 0 Å². The fourth-order valence-corrected chi connectivity index (χ4v) is 0.920. The van der Waals surface area contributed by atoms with E-state index < -0.39 is 0 Å². The highest BCUT2D eigenvalue weighted by Gasteiger charge is 1.99.